The average Bonchev–Trinajstić information content (AvgIpc) is 2.61. The van der Waals surface area contributed by atoms with E-state index in [1.165, 1.54) is 0 Å². The molecule has 0 aliphatic carbocycles. The molecule has 0 aliphatic heterocycles. The van der Waals surface area contributed by atoms with Crippen molar-refractivity contribution in [2.24, 2.45) is 0 Å². The minimum Gasteiger partial charge on any atom is -0.397 e. The summed E-state index contributed by atoms with van der Waals surface area (Å²) in [6.45, 7) is 1.92. The van der Waals surface area contributed by atoms with Crippen LogP contribution in [-0.2, 0) is 0 Å². The molecule has 0 atom stereocenters. The smallest absolute Gasteiger partial charge is 0.154 e. The monoisotopic (exact) mass is 330 g/mol. The van der Waals surface area contributed by atoms with E-state index in [0.29, 0.717) is 5.69 Å². The summed E-state index contributed by atoms with van der Waals surface area (Å²) in [5.41, 5.74) is 7.43. The first-order valence-corrected chi connectivity index (χ1v) is 5.78. The number of aromatic nitrogens is 3. The topological polar surface area (TPSA) is 56.7 Å². The maximum absolute atomic E-state index is 5.86. The number of pyridine rings is 1. The van der Waals surface area contributed by atoms with Gasteiger partial charge in [-0.15, -0.1) is 0 Å². The van der Waals surface area contributed by atoms with E-state index < -0.39 is 0 Å². The molecule has 15 heavy (non-hydrogen) atoms. The molecule has 4 nitrogen and oxygen atoms in total. The van der Waals surface area contributed by atoms with Gasteiger partial charge < -0.3 is 5.73 Å². The normalized spacial score (nSPS) is 10.6. The Morgan fingerprint density at radius 1 is 1.33 bits per heavy atom. The van der Waals surface area contributed by atoms with Crippen molar-refractivity contribution in [3.63, 3.8) is 0 Å². The Morgan fingerprint density at radius 3 is 2.67 bits per heavy atom. The number of hydrogen-bond donors (Lipinski definition) is 1. The zero-order chi connectivity index (χ0) is 11.0. The van der Waals surface area contributed by atoms with Crippen molar-refractivity contribution in [1.82, 2.24) is 14.5 Å². The van der Waals surface area contributed by atoms with Crippen molar-refractivity contribution < 1.29 is 0 Å². The van der Waals surface area contributed by atoms with Crippen LogP contribution < -0.4 is 5.73 Å². The summed E-state index contributed by atoms with van der Waals surface area (Å²) in [5.74, 6) is 0.733. The van der Waals surface area contributed by atoms with Crippen LogP contribution in [0.1, 0.15) is 5.69 Å². The number of anilines is 1. The van der Waals surface area contributed by atoms with Gasteiger partial charge in [-0.1, -0.05) is 0 Å². The molecule has 0 fully saturated rings. The fourth-order valence-corrected chi connectivity index (χ4v) is 2.27. The molecule has 2 heterocycles. The molecule has 6 heteroatoms. The van der Waals surface area contributed by atoms with Gasteiger partial charge in [-0.3, -0.25) is 4.57 Å². The van der Waals surface area contributed by atoms with Crippen molar-refractivity contribution in [2.45, 2.75) is 6.92 Å². The fraction of sp³-hybridized carbons (Fsp3) is 0.111. The van der Waals surface area contributed by atoms with Crippen LogP contribution in [0.25, 0.3) is 5.82 Å². The Balaban J connectivity index is 2.59. The van der Waals surface area contributed by atoms with E-state index in [2.05, 4.69) is 41.8 Å². The molecule has 2 rings (SSSR count). The van der Waals surface area contributed by atoms with Crippen molar-refractivity contribution in [3.8, 4) is 5.82 Å². The van der Waals surface area contributed by atoms with E-state index in [1.807, 2.05) is 17.7 Å². The molecule has 0 saturated carbocycles. The number of hydrogen-bond acceptors (Lipinski definition) is 3. The van der Waals surface area contributed by atoms with Gasteiger partial charge >= 0.3 is 0 Å². The first-order valence-electron chi connectivity index (χ1n) is 4.20. The molecule has 0 amide bonds. The highest BCUT2D eigenvalue weighted by atomic mass is 79.9. The lowest BCUT2D eigenvalue weighted by atomic mass is 10.4. The third kappa shape index (κ3) is 1.91. The van der Waals surface area contributed by atoms with Gasteiger partial charge in [-0.2, -0.15) is 0 Å². The fourth-order valence-electron chi connectivity index (χ4n) is 1.19. The third-order valence-corrected chi connectivity index (χ3v) is 3.36. The van der Waals surface area contributed by atoms with Crippen LogP contribution >= 0.6 is 31.9 Å². The highest BCUT2D eigenvalue weighted by molar-refractivity contribution is 9.11. The molecule has 2 N–H and O–H groups in total. The van der Waals surface area contributed by atoms with Crippen LogP contribution in [-0.4, -0.2) is 14.5 Å². The Kier molecular flexibility index (Phi) is 2.79. The number of imidazole rings is 1. The van der Waals surface area contributed by atoms with E-state index in [9.17, 15) is 0 Å². The lowest BCUT2D eigenvalue weighted by molar-refractivity contribution is 0.983. The van der Waals surface area contributed by atoms with Crippen LogP contribution in [0.3, 0.4) is 0 Å². The zero-order valence-electron chi connectivity index (χ0n) is 7.91. The summed E-state index contributed by atoms with van der Waals surface area (Å²) < 4.78 is 3.35. The SMILES string of the molecule is Cc1cn(-c2ncc(Br)c(N)c2Br)cn1. The summed E-state index contributed by atoms with van der Waals surface area (Å²) in [5, 5.41) is 0. The summed E-state index contributed by atoms with van der Waals surface area (Å²) in [7, 11) is 0. The molecule has 0 saturated heterocycles. The number of rotatable bonds is 1. The molecule has 78 valence electrons. The Bertz CT molecular complexity index is 507. The molecule has 0 spiro atoms. The van der Waals surface area contributed by atoms with Gasteiger partial charge in [0.1, 0.15) is 6.33 Å². The van der Waals surface area contributed by atoms with Crippen LogP contribution in [0.2, 0.25) is 0 Å². The summed E-state index contributed by atoms with van der Waals surface area (Å²) in [4.78, 5) is 8.41. The highest BCUT2D eigenvalue weighted by Crippen LogP contribution is 2.31. The second kappa shape index (κ2) is 3.94. The first-order chi connectivity index (χ1) is 7.09. The van der Waals surface area contributed by atoms with E-state index >= 15 is 0 Å². The summed E-state index contributed by atoms with van der Waals surface area (Å²) >= 11 is 6.73. The van der Waals surface area contributed by atoms with Crippen LogP contribution in [0.15, 0.2) is 27.7 Å². The van der Waals surface area contributed by atoms with E-state index in [1.54, 1.807) is 12.5 Å². The highest BCUT2D eigenvalue weighted by Gasteiger charge is 2.10. The van der Waals surface area contributed by atoms with Crippen molar-refractivity contribution >= 4 is 37.5 Å². The molecular weight excluding hydrogens is 324 g/mol. The van der Waals surface area contributed by atoms with Crippen molar-refractivity contribution in [1.29, 1.82) is 0 Å². The number of nitrogens with two attached hydrogens (primary N) is 1. The van der Waals surface area contributed by atoms with E-state index in [-0.39, 0.29) is 0 Å². The number of aryl methyl sites for hydroxylation is 1. The van der Waals surface area contributed by atoms with Gasteiger partial charge in [0.25, 0.3) is 0 Å². The van der Waals surface area contributed by atoms with Gasteiger partial charge in [0.05, 0.1) is 20.3 Å². The number of halogens is 2. The Labute approximate surface area is 104 Å². The van der Waals surface area contributed by atoms with Crippen LogP contribution in [0.4, 0.5) is 5.69 Å². The van der Waals surface area contributed by atoms with Gasteiger partial charge in [-0.25, -0.2) is 9.97 Å². The van der Waals surface area contributed by atoms with Crippen LogP contribution in [0.5, 0.6) is 0 Å². The van der Waals surface area contributed by atoms with E-state index in [0.717, 1.165) is 20.5 Å². The molecule has 0 bridgehead atoms. The van der Waals surface area contributed by atoms with Crippen molar-refractivity contribution in [3.05, 3.63) is 33.4 Å². The second-order valence-electron chi connectivity index (χ2n) is 3.08. The Hall–Kier alpha value is -0.880. The minimum absolute atomic E-state index is 0.631. The largest absolute Gasteiger partial charge is 0.397 e. The first kappa shape index (κ1) is 10.6. The third-order valence-electron chi connectivity index (χ3n) is 1.95. The van der Waals surface area contributed by atoms with Gasteiger partial charge in [0.2, 0.25) is 0 Å². The van der Waals surface area contributed by atoms with Crippen LogP contribution in [0, 0.1) is 6.92 Å². The number of nitrogen functional groups attached to an aromatic ring is 1. The molecule has 2 aromatic heterocycles. The predicted molar refractivity (Wildman–Crippen MR) is 65.9 cm³/mol. The maximum atomic E-state index is 5.86. The maximum Gasteiger partial charge on any atom is 0.154 e. The van der Waals surface area contributed by atoms with Crippen molar-refractivity contribution in [2.75, 3.05) is 5.73 Å². The molecule has 2 aromatic rings. The summed E-state index contributed by atoms with van der Waals surface area (Å²) in [6, 6.07) is 0. The quantitative estimate of drug-likeness (QED) is 0.874. The lowest BCUT2D eigenvalue weighted by Crippen LogP contribution is -1.99. The number of nitrogens with zero attached hydrogens (tertiary/aromatic N) is 3. The van der Waals surface area contributed by atoms with E-state index in [4.69, 9.17) is 5.73 Å². The van der Waals surface area contributed by atoms with Gasteiger partial charge in [0.15, 0.2) is 5.82 Å². The second-order valence-corrected chi connectivity index (χ2v) is 4.73. The zero-order valence-corrected chi connectivity index (χ0v) is 11.1. The predicted octanol–water partition coefficient (Wildman–Crippen LogP) is 2.68. The molecular formula is C9H8Br2N4. The lowest BCUT2D eigenvalue weighted by Gasteiger charge is -2.07. The molecule has 0 aromatic carbocycles. The van der Waals surface area contributed by atoms with Gasteiger partial charge in [-0.05, 0) is 38.8 Å². The molecule has 0 unspecified atom stereocenters. The molecule has 0 radical (unpaired) electrons. The summed E-state index contributed by atoms with van der Waals surface area (Å²) in [6.07, 6.45) is 5.26. The average molecular weight is 332 g/mol. The Morgan fingerprint density at radius 2 is 2.07 bits per heavy atom. The minimum atomic E-state index is 0.631. The molecule has 0 aliphatic rings. The standard InChI is InChI=1S/C9H8Br2N4/c1-5-3-15(4-14-5)9-7(11)8(12)6(10)2-13-9/h2-4H,1H3,(H2,12,13). The van der Waals surface area contributed by atoms with Gasteiger partial charge in [0, 0.05) is 12.4 Å².